The first kappa shape index (κ1) is 12.0. The van der Waals surface area contributed by atoms with Crippen molar-refractivity contribution < 1.29 is 4.74 Å². The SMILES string of the molecule is CC1CCCC1NCC1CCOc2ccccc21. The first-order chi connectivity index (χ1) is 8.84. The zero-order valence-electron chi connectivity index (χ0n) is 11.2. The third kappa shape index (κ3) is 2.39. The molecule has 0 aromatic heterocycles. The molecule has 2 aliphatic rings. The van der Waals surface area contributed by atoms with E-state index in [-0.39, 0.29) is 0 Å². The van der Waals surface area contributed by atoms with Gasteiger partial charge in [-0.05, 0) is 36.8 Å². The fourth-order valence-electron chi connectivity index (χ4n) is 3.37. The van der Waals surface area contributed by atoms with Gasteiger partial charge in [0.15, 0.2) is 0 Å². The maximum Gasteiger partial charge on any atom is 0.122 e. The van der Waals surface area contributed by atoms with E-state index < -0.39 is 0 Å². The standard InChI is InChI=1S/C16H23NO/c1-12-5-4-7-15(12)17-11-13-9-10-18-16-8-3-2-6-14(13)16/h2-3,6,8,12-13,15,17H,4-5,7,9-11H2,1H3. The van der Waals surface area contributed by atoms with E-state index in [0.717, 1.165) is 37.3 Å². The van der Waals surface area contributed by atoms with Crippen molar-refractivity contribution in [3.8, 4) is 5.75 Å². The van der Waals surface area contributed by atoms with Gasteiger partial charge >= 0.3 is 0 Å². The molecule has 2 heteroatoms. The minimum Gasteiger partial charge on any atom is -0.493 e. The van der Waals surface area contributed by atoms with E-state index in [9.17, 15) is 0 Å². The number of rotatable bonds is 3. The lowest BCUT2D eigenvalue weighted by molar-refractivity contribution is 0.260. The maximum atomic E-state index is 5.72. The topological polar surface area (TPSA) is 21.3 Å². The molecule has 3 rings (SSSR count). The second-order valence-electron chi connectivity index (χ2n) is 5.79. The number of benzene rings is 1. The van der Waals surface area contributed by atoms with Gasteiger partial charge in [0.1, 0.15) is 5.75 Å². The quantitative estimate of drug-likeness (QED) is 0.882. The summed E-state index contributed by atoms with van der Waals surface area (Å²) in [4.78, 5) is 0. The van der Waals surface area contributed by atoms with Crippen LogP contribution in [0.4, 0.5) is 0 Å². The zero-order valence-corrected chi connectivity index (χ0v) is 11.2. The highest BCUT2D eigenvalue weighted by Crippen LogP contribution is 2.33. The summed E-state index contributed by atoms with van der Waals surface area (Å²) < 4.78 is 5.72. The van der Waals surface area contributed by atoms with Gasteiger partial charge in [-0.25, -0.2) is 0 Å². The van der Waals surface area contributed by atoms with Crippen LogP contribution < -0.4 is 10.1 Å². The van der Waals surface area contributed by atoms with E-state index in [1.54, 1.807) is 0 Å². The van der Waals surface area contributed by atoms with Crippen molar-refractivity contribution in [2.45, 2.75) is 44.6 Å². The van der Waals surface area contributed by atoms with E-state index in [4.69, 9.17) is 4.74 Å². The number of nitrogens with one attached hydrogen (secondary N) is 1. The molecule has 98 valence electrons. The molecule has 2 nitrogen and oxygen atoms in total. The third-order valence-electron chi connectivity index (χ3n) is 4.57. The fraction of sp³-hybridized carbons (Fsp3) is 0.625. The van der Waals surface area contributed by atoms with Gasteiger partial charge in [0.2, 0.25) is 0 Å². The van der Waals surface area contributed by atoms with Gasteiger partial charge in [-0.3, -0.25) is 0 Å². The molecule has 1 fully saturated rings. The van der Waals surface area contributed by atoms with Crippen LogP contribution in [0.3, 0.4) is 0 Å². The Morgan fingerprint density at radius 1 is 1.22 bits per heavy atom. The highest BCUT2D eigenvalue weighted by molar-refractivity contribution is 5.37. The summed E-state index contributed by atoms with van der Waals surface area (Å²) >= 11 is 0. The second kappa shape index (κ2) is 5.31. The summed E-state index contributed by atoms with van der Waals surface area (Å²) in [7, 11) is 0. The van der Waals surface area contributed by atoms with Crippen molar-refractivity contribution in [2.75, 3.05) is 13.2 Å². The Hall–Kier alpha value is -1.02. The second-order valence-corrected chi connectivity index (χ2v) is 5.79. The summed E-state index contributed by atoms with van der Waals surface area (Å²) in [5.41, 5.74) is 1.39. The number of hydrogen-bond donors (Lipinski definition) is 1. The summed E-state index contributed by atoms with van der Waals surface area (Å²) in [6, 6.07) is 9.24. The Kier molecular flexibility index (Phi) is 3.55. The number of para-hydroxylation sites is 1. The molecule has 0 saturated heterocycles. The molecule has 1 aliphatic heterocycles. The molecule has 0 bridgehead atoms. The Labute approximate surface area is 110 Å². The van der Waals surface area contributed by atoms with Crippen LogP contribution in [0.5, 0.6) is 5.75 Å². The van der Waals surface area contributed by atoms with Crippen LogP contribution in [0, 0.1) is 5.92 Å². The normalized spacial score (nSPS) is 30.8. The zero-order chi connectivity index (χ0) is 12.4. The van der Waals surface area contributed by atoms with Crippen LogP contribution in [-0.4, -0.2) is 19.2 Å². The first-order valence-electron chi connectivity index (χ1n) is 7.29. The molecule has 0 amide bonds. The van der Waals surface area contributed by atoms with Gasteiger partial charge < -0.3 is 10.1 Å². The predicted molar refractivity (Wildman–Crippen MR) is 74.1 cm³/mol. The minimum absolute atomic E-state index is 0.628. The molecule has 0 radical (unpaired) electrons. The predicted octanol–water partition coefficient (Wildman–Crippen LogP) is 3.33. The van der Waals surface area contributed by atoms with Crippen LogP contribution in [0.2, 0.25) is 0 Å². The summed E-state index contributed by atoms with van der Waals surface area (Å²) in [5, 5.41) is 3.79. The Morgan fingerprint density at radius 2 is 2.11 bits per heavy atom. The van der Waals surface area contributed by atoms with E-state index in [1.807, 2.05) is 0 Å². The minimum atomic E-state index is 0.628. The van der Waals surface area contributed by atoms with Gasteiger partial charge in [0, 0.05) is 18.5 Å². The fourth-order valence-corrected chi connectivity index (χ4v) is 3.37. The van der Waals surface area contributed by atoms with Gasteiger partial charge in [0.05, 0.1) is 6.61 Å². The highest BCUT2D eigenvalue weighted by Gasteiger charge is 2.26. The van der Waals surface area contributed by atoms with Crippen molar-refractivity contribution in [2.24, 2.45) is 5.92 Å². The van der Waals surface area contributed by atoms with E-state index in [1.165, 1.54) is 24.8 Å². The molecule has 1 aliphatic carbocycles. The van der Waals surface area contributed by atoms with Crippen molar-refractivity contribution in [3.63, 3.8) is 0 Å². The van der Waals surface area contributed by atoms with Crippen LogP contribution in [0.25, 0.3) is 0 Å². The molecular formula is C16H23NO. The van der Waals surface area contributed by atoms with Gasteiger partial charge in [-0.2, -0.15) is 0 Å². The third-order valence-corrected chi connectivity index (χ3v) is 4.57. The lowest BCUT2D eigenvalue weighted by Gasteiger charge is -2.28. The average Bonchev–Trinajstić information content (AvgIpc) is 2.82. The Balaban J connectivity index is 1.64. The van der Waals surface area contributed by atoms with Crippen LogP contribution >= 0.6 is 0 Å². The van der Waals surface area contributed by atoms with Crippen LogP contribution in [-0.2, 0) is 0 Å². The Morgan fingerprint density at radius 3 is 2.94 bits per heavy atom. The number of fused-ring (bicyclic) bond motifs is 1. The largest absolute Gasteiger partial charge is 0.493 e. The molecule has 1 aromatic carbocycles. The molecule has 18 heavy (non-hydrogen) atoms. The number of ether oxygens (including phenoxy) is 1. The molecule has 0 spiro atoms. The maximum absolute atomic E-state index is 5.72. The van der Waals surface area contributed by atoms with Crippen LogP contribution in [0.15, 0.2) is 24.3 Å². The lowest BCUT2D eigenvalue weighted by Crippen LogP contribution is -2.35. The van der Waals surface area contributed by atoms with Gasteiger partial charge in [-0.1, -0.05) is 31.5 Å². The van der Waals surface area contributed by atoms with Crippen molar-refractivity contribution in [1.82, 2.24) is 5.32 Å². The molecule has 1 N–H and O–H groups in total. The van der Waals surface area contributed by atoms with Crippen molar-refractivity contribution in [3.05, 3.63) is 29.8 Å². The monoisotopic (exact) mass is 245 g/mol. The summed E-state index contributed by atoms with van der Waals surface area (Å²) in [6.07, 6.45) is 5.28. The molecule has 1 saturated carbocycles. The molecular weight excluding hydrogens is 222 g/mol. The molecule has 3 unspecified atom stereocenters. The Bertz CT molecular complexity index is 404. The first-order valence-corrected chi connectivity index (χ1v) is 7.29. The van der Waals surface area contributed by atoms with Crippen molar-refractivity contribution >= 4 is 0 Å². The van der Waals surface area contributed by atoms with Gasteiger partial charge in [0.25, 0.3) is 0 Å². The lowest BCUT2D eigenvalue weighted by atomic mass is 9.92. The molecule has 1 aromatic rings. The summed E-state index contributed by atoms with van der Waals surface area (Å²) in [5.74, 6) is 2.57. The van der Waals surface area contributed by atoms with E-state index in [2.05, 4.69) is 36.5 Å². The molecule has 1 heterocycles. The van der Waals surface area contributed by atoms with Gasteiger partial charge in [-0.15, -0.1) is 0 Å². The average molecular weight is 245 g/mol. The molecule has 3 atom stereocenters. The van der Waals surface area contributed by atoms with Crippen LogP contribution in [0.1, 0.15) is 44.1 Å². The summed E-state index contributed by atoms with van der Waals surface area (Å²) in [6.45, 7) is 4.35. The van der Waals surface area contributed by atoms with Crippen molar-refractivity contribution in [1.29, 1.82) is 0 Å². The van der Waals surface area contributed by atoms with E-state index in [0.29, 0.717) is 5.92 Å². The smallest absolute Gasteiger partial charge is 0.122 e. The highest BCUT2D eigenvalue weighted by atomic mass is 16.5. The van der Waals surface area contributed by atoms with E-state index >= 15 is 0 Å². The number of hydrogen-bond acceptors (Lipinski definition) is 2.